The first kappa shape index (κ1) is 16.4. The molecule has 134 valence electrons. The molecule has 2 aromatic carbocycles. The number of hydrogen-bond donors (Lipinski definition) is 1. The molecular weight excluding hydrogens is 334 g/mol. The number of fused-ring (bicyclic) bond motifs is 2. The summed E-state index contributed by atoms with van der Waals surface area (Å²) < 4.78 is 16.3. The van der Waals surface area contributed by atoms with Crippen molar-refractivity contribution in [3.63, 3.8) is 0 Å². The zero-order valence-corrected chi connectivity index (χ0v) is 14.5. The van der Waals surface area contributed by atoms with Gasteiger partial charge in [0.15, 0.2) is 0 Å². The molecule has 2 aromatic rings. The van der Waals surface area contributed by atoms with E-state index in [2.05, 4.69) is 5.32 Å². The van der Waals surface area contributed by atoms with E-state index in [0.29, 0.717) is 48.8 Å². The van der Waals surface area contributed by atoms with Crippen LogP contribution in [0.25, 0.3) is 0 Å². The number of benzene rings is 2. The number of amides is 1. The molecule has 2 aliphatic heterocycles. The van der Waals surface area contributed by atoms with Gasteiger partial charge in [-0.15, -0.1) is 0 Å². The van der Waals surface area contributed by atoms with Crippen molar-refractivity contribution in [1.82, 2.24) is 0 Å². The number of esters is 1. The van der Waals surface area contributed by atoms with Crippen molar-refractivity contribution in [2.45, 2.75) is 19.8 Å². The highest BCUT2D eigenvalue weighted by Gasteiger charge is 2.30. The average Bonchev–Trinajstić information content (AvgIpc) is 3.28. The Morgan fingerprint density at radius 3 is 2.65 bits per heavy atom. The normalized spacial score (nSPS) is 14.0. The Morgan fingerprint density at radius 2 is 1.88 bits per heavy atom. The number of nitrogens with one attached hydrogen (secondary N) is 1. The first-order valence-electron chi connectivity index (χ1n) is 8.70. The Labute approximate surface area is 151 Å². The highest BCUT2D eigenvalue weighted by Crippen LogP contribution is 2.40. The molecule has 0 radical (unpaired) electrons. The summed E-state index contributed by atoms with van der Waals surface area (Å²) in [6.07, 6.45) is 1.47. The van der Waals surface area contributed by atoms with E-state index in [-0.39, 0.29) is 11.9 Å². The Morgan fingerprint density at radius 1 is 1.12 bits per heavy atom. The first-order chi connectivity index (χ1) is 12.7. The van der Waals surface area contributed by atoms with Gasteiger partial charge in [0, 0.05) is 29.7 Å². The molecule has 0 spiro atoms. The predicted molar refractivity (Wildman–Crippen MR) is 95.2 cm³/mol. The number of rotatable bonds is 4. The van der Waals surface area contributed by atoms with Gasteiger partial charge in [-0.05, 0) is 37.3 Å². The van der Waals surface area contributed by atoms with Crippen LogP contribution in [0.1, 0.15) is 38.8 Å². The van der Waals surface area contributed by atoms with E-state index in [1.807, 2.05) is 6.07 Å². The zero-order chi connectivity index (χ0) is 18.1. The molecule has 0 saturated heterocycles. The van der Waals surface area contributed by atoms with Crippen molar-refractivity contribution < 1.29 is 23.8 Å². The van der Waals surface area contributed by atoms with E-state index in [1.54, 1.807) is 31.2 Å². The Hall–Kier alpha value is -3.02. The molecule has 1 N–H and O–H groups in total. The van der Waals surface area contributed by atoms with Crippen LogP contribution in [0.5, 0.6) is 11.5 Å². The van der Waals surface area contributed by atoms with E-state index < -0.39 is 0 Å². The van der Waals surface area contributed by atoms with E-state index in [1.165, 1.54) is 0 Å². The number of ether oxygens (including phenoxy) is 3. The van der Waals surface area contributed by atoms with Crippen molar-refractivity contribution >= 4 is 17.6 Å². The lowest BCUT2D eigenvalue weighted by molar-refractivity contribution is 0.0526. The molecule has 2 heterocycles. The van der Waals surface area contributed by atoms with E-state index in [9.17, 15) is 9.59 Å². The van der Waals surface area contributed by atoms with Gasteiger partial charge in [-0.1, -0.05) is 0 Å². The largest absolute Gasteiger partial charge is 0.493 e. The molecule has 4 rings (SSSR count). The summed E-state index contributed by atoms with van der Waals surface area (Å²) in [7, 11) is 0. The summed E-state index contributed by atoms with van der Waals surface area (Å²) in [6.45, 7) is 3.23. The van der Waals surface area contributed by atoms with Crippen LogP contribution in [0.15, 0.2) is 30.3 Å². The van der Waals surface area contributed by atoms with Gasteiger partial charge in [-0.25, -0.2) is 4.79 Å². The van der Waals surface area contributed by atoms with Crippen LogP contribution >= 0.6 is 0 Å². The third kappa shape index (κ3) is 2.87. The average molecular weight is 353 g/mol. The number of carbonyl (C=O) groups is 2. The summed E-state index contributed by atoms with van der Waals surface area (Å²) in [6, 6.07) is 8.62. The quantitative estimate of drug-likeness (QED) is 0.856. The third-order valence-corrected chi connectivity index (χ3v) is 4.53. The molecule has 0 atom stereocenters. The van der Waals surface area contributed by atoms with Crippen LogP contribution in [-0.2, 0) is 17.6 Å². The fourth-order valence-corrected chi connectivity index (χ4v) is 3.32. The molecule has 6 nitrogen and oxygen atoms in total. The van der Waals surface area contributed by atoms with Gasteiger partial charge in [0.1, 0.15) is 11.5 Å². The van der Waals surface area contributed by atoms with E-state index in [4.69, 9.17) is 14.2 Å². The highest BCUT2D eigenvalue weighted by atomic mass is 16.5. The van der Waals surface area contributed by atoms with E-state index in [0.717, 1.165) is 23.3 Å². The van der Waals surface area contributed by atoms with E-state index >= 15 is 0 Å². The molecule has 0 bridgehead atoms. The van der Waals surface area contributed by atoms with Crippen LogP contribution < -0.4 is 14.8 Å². The standard InChI is InChI=1S/C20H19NO5/c1-2-24-20(23)12-3-5-14(6-4-12)21-19(22)17-15-8-10-25-16(15)11-13-7-9-26-18(13)17/h3-6,11H,2,7-10H2,1H3,(H,21,22). The van der Waals surface area contributed by atoms with Crippen LogP contribution in [-0.4, -0.2) is 31.7 Å². The van der Waals surface area contributed by atoms with Crippen LogP contribution in [0, 0.1) is 0 Å². The van der Waals surface area contributed by atoms with Gasteiger partial charge in [0.25, 0.3) is 5.91 Å². The number of hydrogen-bond acceptors (Lipinski definition) is 5. The first-order valence-corrected chi connectivity index (χ1v) is 8.70. The van der Waals surface area contributed by atoms with Crippen LogP contribution in [0.4, 0.5) is 5.69 Å². The van der Waals surface area contributed by atoms with Crippen molar-refractivity contribution in [3.05, 3.63) is 52.6 Å². The van der Waals surface area contributed by atoms with Gasteiger partial charge in [-0.2, -0.15) is 0 Å². The summed E-state index contributed by atoms with van der Waals surface area (Å²) in [4.78, 5) is 24.6. The second-order valence-electron chi connectivity index (χ2n) is 6.17. The minimum atomic E-state index is -0.380. The number of carbonyl (C=O) groups excluding carboxylic acids is 2. The molecule has 0 aromatic heterocycles. The molecule has 1 amide bonds. The molecule has 0 saturated carbocycles. The lowest BCUT2D eigenvalue weighted by Crippen LogP contribution is -2.15. The summed E-state index contributed by atoms with van der Waals surface area (Å²) in [5, 5.41) is 2.89. The Kier molecular flexibility index (Phi) is 4.24. The monoisotopic (exact) mass is 353 g/mol. The Balaban J connectivity index is 1.59. The minimum absolute atomic E-state index is 0.227. The lowest BCUT2D eigenvalue weighted by atomic mass is 9.99. The SMILES string of the molecule is CCOC(=O)c1ccc(NC(=O)c2c3c(cc4c2OCC4)OCC3)cc1. The van der Waals surface area contributed by atoms with Gasteiger partial charge in [0.2, 0.25) is 0 Å². The highest BCUT2D eigenvalue weighted by molar-refractivity contribution is 6.08. The fourth-order valence-electron chi connectivity index (χ4n) is 3.32. The van der Waals surface area contributed by atoms with Crippen molar-refractivity contribution in [2.24, 2.45) is 0 Å². The van der Waals surface area contributed by atoms with Crippen molar-refractivity contribution in [1.29, 1.82) is 0 Å². The maximum atomic E-state index is 12.9. The fraction of sp³-hybridized carbons (Fsp3) is 0.300. The predicted octanol–water partition coefficient (Wildman–Crippen LogP) is 2.99. The molecule has 26 heavy (non-hydrogen) atoms. The van der Waals surface area contributed by atoms with Crippen LogP contribution in [0.3, 0.4) is 0 Å². The Bertz CT molecular complexity index is 841. The lowest BCUT2D eigenvalue weighted by Gasteiger charge is -2.13. The maximum absolute atomic E-state index is 12.9. The van der Waals surface area contributed by atoms with Gasteiger partial charge in [-0.3, -0.25) is 4.79 Å². The molecule has 0 unspecified atom stereocenters. The summed E-state index contributed by atoms with van der Waals surface area (Å²) in [5.74, 6) is 0.830. The minimum Gasteiger partial charge on any atom is -0.493 e. The smallest absolute Gasteiger partial charge is 0.338 e. The van der Waals surface area contributed by atoms with Crippen molar-refractivity contribution in [3.8, 4) is 11.5 Å². The van der Waals surface area contributed by atoms with Gasteiger partial charge < -0.3 is 19.5 Å². The van der Waals surface area contributed by atoms with Gasteiger partial charge >= 0.3 is 5.97 Å². The second-order valence-corrected chi connectivity index (χ2v) is 6.17. The summed E-state index contributed by atoms with van der Waals surface area (Å²) in [5.41, 5.74) is 3.51. The number of anilines is 1. The molecular formula is C20H19NO5. The van der Waals surface area contributed by atoms with Crippen molar-refractivity contribution in [2.75, 3.05) is 25.1 Å². The molecule has 6 heteroatoms. The molecule has 0 aliphatic carbocycles. The molecule has 0 fully saturated rings. The maximum Gasteiger partial charge on any atom is 0.338 e. The summed E-state index contributed by atoms with van der Waals surface area (Å²) >= 11 is 0. The second kappa shape index (κ2) is 6.71. The molecule has 2 aliphatic rings. The van der Waals surface area contributed by atoms with Gasteiger partial charge in [0.05, 0.1) is 30.9 Å². The topological polar surface area (TPSA) is 73.9 Å². The zero-order valence-electron chi connectivity index (χ0n) is 14.5. The van der Waals surface area contributed by atoms with Crippen LogP contribution in [0.2, 0.25) is 0 Å². The third-order valence-electron chi connectivity index (χ3n) is 4.53.